The molecule has 0 aliphatic carbocycles. The Bertz CT molecular complexity index is 537. The summed E-state index contributed by atoms with van der Waals surface area (Å²) in [5, 5.41) is 13.0. The number of rotatable bonds is 10. The van der Waals surface area contributed by atoms with E-state index in [9.17, 15) is 9.90 Å². The van der Waals surface area contributed by atoms with Crippen LogP contribution < -0.4 is 5.32 Å². The summed E-state index contributed by atoms with van der Waals surface area (Å²) >= 11 is 0. The van der Waals surface area contributed by atoms with Gasteiger partial charge in [-0.25, -0.2) is 0 Å². The molecule has 0 heterocycles. The first-order valence-corrected chi connectivity index (χ1v) is 9.49. The molecule has 1 rings (SSSR count). The van der Waals surface area contributed by atoms with Crippen molar-refractivity contribution in [1.82, 2.24) is 0 Å². The maximum Gasteiger partial charge on any atom is 0.227 e. The minimum atomic E-state index is 0.0226. The van der Waals surface area contributed by atoms with Gasteiger partial charge in [-0.15, -0.1) is 0 Å². The summed E-state index contributed by atoms with van der Waals surface area (Å²) in [5.74, 6) is 0.421. The van der Waals surface area contributed by atoms with Crippen LogP contribution in [-0.2, 0) is 4.79 Å². The molecule has 1 atom stereocenters. The largest absolute Gasteiger partial charge is 0.507 e. The second kappa shape index (κ2) is 10.4. The van der Waals surface area contributed by atoms with Gasteiger partial charge in [0.25, 0.3) is 0 Å². The predicted molar refractivity (Wildman–Crippen MR) is 103 cm³/mol. The van der Waals surface area contributed by atoms with Gasteiger partial charge < -0.3 is 10.4 Å². The number of aromatic hydroxyl groups is 1. The number of phenols is 1. The summed E-state index contributed by atoms with van der Waals surface area (Å²) in [6.45, 7) is 9.92. The molecule has 1 aromatic rings. The van der Waals surface area contributed by atoms with E-state index in [1.807, 2.05) is 33.8 Å². The molecule has 1 amide bonds. The molecule has 3 nitrogen and oxygen atoms in total. The van der Waals surface area contributed by atoms with Gasteiger partial charge in [0.2, 0.25) is 5.91 Å². The SMILES string of the molecule is CCCCCCCCCC(C)C(=O)Nc1cc(C)c(O)c(C)c1C. The highest BCUT2D eigenvalue weighted by Gasteiger charge is 2.16. The van der Waals surface area contributed by atoms with E-state index in [0.717, 1.165) is 35.2 Å². The van der Waals surface area contributed by atoms with Gasteiger partial charge in [-0.1, -0.05) is 58.8 Å². The predicted octanol–water partition coefficient (Wildman–Crippen LogP) is 6.03. The van der Waals surface area contributed by atoms with Crippen LogP contribution in [0.4, 0.5) is 5.69 Å². The van der Waals surface area contributed by atoms with Gasteiger partial charge in [0.1, 0.15) is 5.75 Å². The van der Waals surface area contributed by atoms with Crippen LogP contribution in [0.3, 0.4) is 0 Å². The van der Waals surface area contributed by atoms with Gasteiger partial charge in [-0.05, 0) is 49.9 Å². The first-order valence-electron chi connectivity index (χ1n) is 9.49. The third-order valence-electron chi connectivity index (χ3n) is 5.00. The molecule has 1 aromatic carbocycles. The van der Waals surface area contributed by atoms with Crippen molar-refractivity contribution >= 4 is 11.6 Å². The number of hydrogen-bond donors (Lipinski definition) is 2. The fraction of sp³-hybridized carbons (Fsp3) is 0.667. The highest BCUT2D eigenvalue weighted by Crippen LogP contribution is 2.30. The van der Waals surface area contributed by atoms with E-state index in [1.54, 1.807) is 0 Å². The van der Waals surface area contributed by atoms with Crippen LogP contribution in [0.15, 0.2) is 6.07 Å². The van der Waals surface area contributed by atoms with Crippen LogP contribution >= 0.6 is 0 Å². The maximum absolute atomic E-state index is 12.4. The van der Waals surface area contributed by atoms with Gasteiger partial charge in [-0.3, -0.25) is 4.79 Å². The molecule has 0 spiro atoms. The van der Waals surface area contributed by atoms with Crippen molar-refractivity contribution in [3.8, 4) is 5.75 Å². The number of nitrogens with one attached hydrogen (secondary N) is 1. The van der Waals surface area contributed by atoms with E-state index < -0.39 is 0 Å². The number of aryl methyl sites for hydroxylation is 1. The molecule has 0 aromatic heterocycles. The molecule has 0 aliphatic rings. The minimum Gasteiger partial charge on any atom is -0.507 e. The van der Waals surface area contributed by atoms with Crippen LogP contribution in [-0.4, -0.2) is 11.0 Å². The zero-order valence-electron chi connectivity index (χ0n) is 16.2. The summed E-state index contributed by atoms with van der Waals surface area (Å²) in [4.78, 5) is 12.4. The first-order chi connectivity index (χ1) is 11.4. The number of hydrogen-bond acceptors (Lipinski definition) is 2. The Morgan fingerprint density at radius 2 is 1.62 bits per heavy atom. The van der Waals surface area contributed by atoms with Crippen molar-refractivity contribution in [1.29, 1.82) is 0 Å². The lowest BCUT2D eigenvalue weighted by Gasteiger charge is -2.17. The Morgan fingerprint density at radius 3 is 2.25 bits per heavy atom. The quantitative estimate of drug-likeness (QED) is 0.405. The molecular formula is C21H35NO2. The zero-order chi connectivity index (χ0) is 18.1. The van der Waals surface area contributed by atoms with Gasteiger partial charge in [-0.2, -0.15) is 0 Å². The van der Waals surface area contributed by atoms with Gasteiger partial charge in [0.05, 0.1) is 0 Å². The molecule has 0 saturated carbocycles. The monoisotopic (exact) mass is 333 g/mol. The van der Waals surface area contributed by atoms with Crippen molar-refractivity contribution < 1.29 is 9.90 Å². The maximum atomic E-state index is 12.4. The normalized spacial score (nSPS) is 12.2. The minimum absolute atomic E-state index is 0.0226. The number of amides is 1. The van der Waals surface area contributed by atoms with E-state index in [1.165, 1.54) is 38.5 Å². The molecule has 24 heavy (non-hydrogen) atoms. The Kier molecular flexibility index (Phi) is 8.88. The highest BCUT2D eigenvalue weighted by atomic mass is 16.3. The average molecular weight is 334 g/mol. The Hall–Kier alpha value is -1.51. The molecular weight excluding hydrogens is 298 g/mol. The zero-order valence-corrected chi connectivity index (χ0v) is 16.2. The van der Waals surface area contributed by atoms with Crippen LogP contribution in [0.5, 0.6) is 5.75 Å². The van der Waals surface area contributed by atoms with Crippen LogP contribution in [0.25, 0.3) is 0 Å². The lowest BCUT2D eigenvalue weighted by molar-refractivity contribution is -0.119. The van der Waals surface area contributed by atoms with Crippen LogP contribution in [0, 0.1) is 26.7 Å². The number of benzene rings is 1. The van der Waals surface area contributed by atoms with Crippen LogP contribution in [0.1, 0.15) is 81.9 Å². The molecule has 0 radical (unpaired) electrons. The van der Waals surface area contributed by atoms with E-state index >= 15 is 0 Å². The topological polar surface area (TPSA) is 49.3 Å². The molecule has 0 aliphatic heterocycles. The average Bonchev–Trinajstić information content (AvgIpc) is 2.56. The van der Waals surface area contributed by atoms with E-state index in [-0.39, 0.29) is 11.8 Å². The van der Waals surface area contributed by atoms with Crippen LogP contribution in [0.2, 0.25) is 0 Å². The molecule has 3 heteroatoms. The third-order valence-corrected chi connectivity index (χ3v) is 5.00. The molecule has 1 unspecified atom stereocenters. The number of phenolic OH excluding ortho intramolecular Hbond substituents is 1. The Morgan fingerprint density at radius 1 is 1.04 bits per heavy atom. The standard InChI is InChI=1S/C21H35NO2/c1-6-7-8-9-10-11-12-13-15(2)21(24)22-19-14-16(3)20(23)18(5)17(19)4/h14-15,23H,6-13H2,1-5H3,(H,22,24). The molecule has 136 valence electrons. The summed E-state index contributed by atoms with van der Waals surface area (Å²) in [7, 11) is 0. The lowest BCUT2D eigenvalue weighted by Crippen LogP contribution is -2.21. The second-order valence-corrected chi connectivity index (χ2v) is 7.14. The number of carbonyl (C=O) groups is 1. The van der Waals surface area contributed by atoms with Crippen molar-refractivity contribution in [3.63, 3.8) is 0 Å². The lowest BCUT2D eigenvalue weighted by atomic mass is 9.99. The summed E-state index contributed by atoms with van der Waals surface area (Å²) in [5.41, 5.74) is 3.40. The summed E-state index contributed by atoms with van der Waals surface area (Å²) in [6.07, 6.45) is 9.84. The van der Waals surface area contributed by atoms with E-state index in [2.05, 4.69) is 12.2 Å². The fourth-order valence-corrected chi connectivity index (χ4v) is 2.99. The second-order valence-electron chi connectivity index (χ2n) is 7.14. The smallest absolute Gasteiger partial charge is 0.227 e. The first kappa shape index (κ1) is 20.5. The fourth-order valence-electron chi connectivity index (χ4n) is 2.99. The Balaban J connectivity index is 2.42. The summed E-state index contributed by atoms with van der Waals surface area (Å²) < 4.78 is 0. The highest BCUT2D eigenvalue weighted by molar-refractivity contribution is 5.93. The molecule has 0 saturated heterocycles. The van der Waals surface area contributed by atoms with Gasteiger partial charge in [0, 0.05) is 11.6 Å². The van der Waals surface area contributed by atoms with Crippen molar-refractivity contribution in [2.75, 3.05) is 5.32 Å². The molecule has 2 N–H and O–H groups in total. The number of anilines is 1. The van der Waals surface area contributed by atoms with E-state index in [0.29, 0.717) is 5.75 Å². The van der Waals surface area contributed by atoms with Gasteiger partial charge >= 0.3 is 0 Å². The summed E-state index contributed by atoms with van der Waals surface area (Å²) in [6, 6.07) is 1.86. The van der Waals surface area contributed by atoms with Crippen molar-refractivity contribution in [3.05, 3.63) is 22.8 Å². The third kappa shape index (κ3) is 6.18. The molecule has 0 bridgehead atoms. The number of carbonyl (C=O) groups excluding carboxylic acids is 1. The van der Waals surface area contributed by atoms with Crippen molar-refractivity contribution in [2.45, 2.75) is 86.0 Å². The van der Waals surface area contributed by atoms with E-state index in [4.69, 9.17) is 0 Å². The van der Waals surface area contributed by atoms with Crippen molar-refractivity contribution in [2.24, 2.45) is 5.92 Å². The van der Waals surface area contributed by atoms with Gasteiger partial charge in [0.15, 0.2) is 0 Å². The molecule has 0 fully saturated rings. The Labute approximate surface area is 147 Å². The number of unbranched alkanes of at least 4 members (excludes halogenated alkanes) is 6.